The lowest BCUT2D eigenvalue weighted by atomic mass is 10.1. The van der Waals surface area contributed by atoms with E-state index >= 15 is 0 Å². The highest BCUT2D eigenvalue weighted by Crippen LogP contribution is 2.19. The maximum atomic E-state index is 13.3. The van der Waals surface area contributed by atoms with E-state index in [0.29, 0.717) is 6.07 Å². The van der Waals surface area contributed by atoms with Crippen molar-refractivity contribution in [3.63, 3.8) is 0 Å². The van der Waals surface area contributed by atoms with Gasteiger partial charge in [0.1, 0.15) is 17.5 Å². The number of benzene rings is 2. The predicted molar refractivity (Wildman–Crippen MR) is 62.5 cm³/mol. The number of rotatable bonds is 4. The Kier molecular flexibility index (Phi) is 4.02. The highest BCUT2D eigenvalue weighted by molar-refractivity contribution is 5.97. The zero-order valence-corrected chi connectivity index (χ0v) is 10.00. The Balaban J connectivity index is 2.13. The highest BCUT2D eigenvalue weighted by Gasteiger charge is 2.18. The van der Waals surface area contributed by atoms with Crippen LogP contribution in [0, 0.1) is 23.3 Å². The number of hydrogen-bond donors (Lipinski definition) is 0. The minimum Gasteiger partial charge on any atom is -0.482 e. The Morgan fingerprint density at radius 2 is 1.60 bits per heavy atom. The predicted octanol–water partition coefficient (Wildman–Crippen LogP) is 3.50. The van der Waals surface area contributed by atoms with Crippen LogP contribution in [-0.2, 0) is 0 Å². The summed E-state index contributed by atoms with van der Waals surface area (Å²) >= 11 is 0. The van der Waals surface area contributed by atoms with Crippen LogP contribution in [0.5, 0.6) is 5.75 Å². The van der Waals surface area contributed by atoms with Crippen molar-refractivity contribution in [2.75, 3.05) is 6.61 Å². The monoisotopic (exact) mass is 284 g/mol. The molecule has 0 heterocycles. The molecule has 0 unspecified atom stereocenters. The van der Waals surface area contributed by atoms with E-state index in [1.165, 1.54) is 0 Å². The Morgan fingerprint density at radius 1 is 0.950 bits per heavy atom. The fraction of sp³-hybridized carbons (Fsp3) is 0.0714. The molecule has 2 aromatic carbocycles. The Morgan fingerprint density at radius 3 is 2.20 bits per heavy atom. The van der Waals surface area contributed by atoms with Crippen molar-refractivity contribution >= 4 is 5.78 Å². The second-order valence-corrected chi connectivity index (χ2v) is 3.88. The van der Waals surface area contributed by atoms with Crippen molar-refractivity contribution in [3.8, 4) is 5.75 Å². The van der Waals surface area contributed by atoms with Crippen LogP contribution >= 0.6 is 0 Å². The van der Waals surface area contributed by atoms with Crippen LogP contribution in [0.25, 0.3) is 0 Å². The summed E-state index contributed by atoms with van der Waals surface area (Å²) in [5, 5.41) is 0. The normalized spacial score (nSPS) is 10.4. The molecular weight excluding hydrogens is 276 g/mol. The van der Waals surface area contributed by atoms with Crippen LogP contribution < -0.4 is 4.74 Å². The third kappa shape index (κ3) is 2.96. The van der Waals surface area contributed by atoms with Gasteiger partial charge in [-0.05, 0) is 24.3 Å². The number of carbonyl (C=O) groups excluding carboxylic acids is 1. The largest absolute Gasteiger partial charge is 0.482 e. The first kappa shape index (κ1) is 14.0. The summed E-state index contributed by atoms with van der Waals surface area (Å²) in [6.45, 7) is -0.763. The standard InChI is InChI=1S/C14H8F4O2/c15-8-4-5-13(11(18)6-8)20-7-12(19)14-9(16)2-1-3-10(14)17/h1-6H,7H2. The van der Waals surface area contributed by atoms with Gasteiger partial charge in [-0.3, -0.25) is 4.79 Å². The topological polar surface area (TPSA) is 26.3 Å². The van der Waals surface area contributed by atoms with E-state index in [1.54, 1.807) is 0 Å². The van der Waals surface area contributed by atoms with Crippen LogP contribution in [0.4, 0.5) is 17.6 Å². The van der Waals surface area contributed by atoms with Gasteiger partial charge < -0.3 is 4.74 Å². The second kappa shape index (κ2) is 5.73. The van der Waals surface area contributed by atoms with Gasteiger partial charge in [-0.1, -0.05) is 6.07 Å². The summed E-state index contributed by atoms with van der Waals surface area (Å²) in [6.07, 6.45) is 0. The molecule has 0 N–H and O–H groups in total. The highest BCUT2D eigenvalue weighted by atomic mass is 19.1. The number of carbonyl (C=O) groups is 1. The van der Waals surface area contributed by atoms with Crippen molar-refractivity contribution in [2.24, 2.45) is 0 Å². The van der Waals surface area contributed by atoms with Gasteiger partial charge in [0.05, 0.1) is 5.56 Å². The van der Waals surface area contributed by atoms with Gasteiger partial charge in [-0.15, -0.1) is 0 Å². The molecule has 20 heavy (non-hydrogen) atoms. The Hall–Kier alpha value is -2.37. The smallest absolute Gasteiger partial charge is 0.206 e. The van der Waals surface area contributed by atoms with Crippen molar-refractivity contribution < 1.29 is 27.1 Å². The van der Waals surface area contributed by atoms with Gasteiger partial charge in [-0.25, -0.2) is 17.6 Å². The zero-order chi connectivity index (χ0) is 14.7. The SMILES string of the molecule is O=C(COc1ccc(F)cc1F)c1c(F)cccc1F. The molecule has 6 heteroatoms. The molecule has 0 aliphatic heterocycles. The fourth-order valence-corrected chi connectivity index (χ4v) is 1.57. The summed E-state index contributed by atoms with van der Waals surface area (Å²) in [7, 11) is 0. The molecule has 0 saturated carbocycles. The number of ketones is 1. The molecule has 0 spiro atoms. The Bertz CT molecular complexity index is 635. The maximum Gasteiger partial charge on any atom is 0.206 e. The number of hydrogen-bond acceptors (Lipinski definition) is 2. The molecule has 2 aromatic rings. The molecule has 2 rings (SSSR count). The fourth-order valence-electron chi connectivity index (χ4n) is 1.57. The van der Waals surface area contributed by atoms with E-state index in [-0.39, 0.29) is 5.75 Å². The molecule has 0 atom stereocenters. The average molecular weight is 284 g/mol. The Labute approximate surface area is 111 Å². The maximum absolute atomic E-state index is 13.3. The van der Waals surface area contributed by atoms with E-state index in [2.05, 4.69) is 0 Å². The molecule has 0 radical (unpaired) electrons. The molecule has 0 bridgehead atoms. The molecular formula is C14H8F4O2. The van der Waals surface area contributed by atoms with Crippen LogP contribution in [0.3, 0.4) is 0 Å². The quantitative estimate of drug-likeness (QED) is 0.634. The van der Waals surface area contributed by atoms with Gasteiger partial charge in [-0.2, -0.15) is 0 Å². The lowest BCUT2D eigenvalue weighted by Crippen LogP contribution is -2.15. The molecule has 0 aromatic heterocycles. The molecule has 0 aliphatic rings. The van der Waals surface area contributed by atoms with Gasteiger partial charge in [0, 0.05) is 6.07 Å². The number of Topliss-reactive ketones (excluding diaryl/α,β-unsaturated/α-hetero) is 1. The third-order valence-corrected chi connectivity index (χ3v) is 2.49. The van der Waals surface area contributed by atoms with Gasteiger partial charge in [0.2, 0.25) is 5.78 Å². The van der Waals surface area contributed by atoms with Crippen molar-refractivity contribution in [2.45, 2.75) is 0 Å². The first-order valence-corrected chi connectivity index (χ1v) is 5.54. The zero-order valence-electron chi connectivity index (χ0n) is 10.00. The lowest BCUT2D eigenvalue weighted by molar-refractivity contribution is 0.0910. The molecule has 0 aliphatic carbocycles. The minimum atomic E-state index is -1.03. The van der Waals surface area contributed by atoms with Crippen molar-refractivity contribution in [1.29, 1.82) is 0 Å². The van der Waals surface area contributed by atoms with Crippen molar-refractivity contribution in [3.05, 3.63) is 65.2 Å². The van der Waals surface area contributed by atoms with Gasteiger partial charge >= 0.3 is 0 Å². The second-order valence-electron chi connectivity index (χ2n) is 3.88. The van der Waals surface area contributed by atoms with Gasteiger partial charge in [0.25, 0.3) is 0 Å². The summed E-state index contributed by atoms with van der Waals surface area (Å²) < 4.78 is 57.3. The van der Waals surface area contributed by atoms with Gasteiger partial charge in [0.15, 0.2) is 18.2 Å². The van der Waals surface area contributed by atoms with Crippen LogP contribution in [0.2, 0.25) is 0 Å². The summed E-state index contributed by atoms with van der Waals surface area (Å²) in [5.41, 5.74) is -0.755. The van der Waals surface area contributed by atoms with E-state index < -0.39 is 41.2 Å². The molecule has 0 amide bonds. The van der Waals surface area contributed by atoms with E-state index in [0.717, 1.165) is 30.3 Å². The van der Waals surface area contributed by atoms with E-state index in [4.69, 9.17) is 4.74 Å². The molecule has 2 nitrogen and oxygen atoms in total. The minimum absolute atomic E-state index is 0.378. The van der Waals surface area contributed by atoms with E-state index in [9.17, 15) is 22.4 Å². The van der Waals surface area contributed by atoms with Crippen LogP contribution in [-0.4, -0.2) is 12.4 Å². The molecule has 104 valence electrons. The van der Waals surface area contributed by atoms with Crippen LogP contribution in [0.1, 0.15) is 10.4 Å². The summed E-state index contributed by atoms with van der Waals surface area (Å²) in [6, 6.07) is 5.46. The molecule has 0 saturated heterocycles. The summed E-state index contributed by atoms with van der Waals surface area (Å²) in [4.78, 5) is 11.6. The van der Waals surface area contributed by atoms with E-state index in [1.807, 2.05) is 0 Å². The third-order valence-electron chi connectivity index (χ3n) is 2.49. The first-order valence-electron chi connectivity index (χ1n) is 5.54. The first-order chi connectivity index (χ1) is 9.49. The van der Waals surface area contributed by atoms with Crippen molar-refractivity contribution in [1.82, 2.24) is 0 Å². The van der Waals surface area contributed by atoms with Crippen LogP contribution in [0.15, 0.2) is 36.4 Å². The molecule has 0 fully saturated rings. The summed E-state index contributed by atoms with van der Waals surface area (Å²) in [5.74, 6) is -5.23. The number of ether oxygens (including phenoxy) is 1. The average Bonchev–Trinajstić information content (AvgIpc) is 2.37. The lowest BCUT2D eigenvalue weighted by Gasteiger charge is -2.07. The number of halogens is 4.